The molecule has 1 aliphatic rings. The van der Waals surface area contributed by atoms with Gasteiger partial charge in [-0.25, -0.2) is 14.5 Å². The van der Waals surface area contributed by atoms with Gasteiger partial charge in [-0.05, 0) is 31.2 Å². The van der Waals surface area contributed by atoms with Gasteiger partial charge in [0, 0.05) is 37.3 Å². The number of imidazole rings is 1. The maximum absolute atomic E-state index is 11.7. The van der Waals surface area contributed by atoms with Gasteiger partial charge in [0.1, 0.15) is 17.2 Å². The maximum Gasteiger partial charge on any atom is 0.185 e. The highest BCUT2D eigenvalue weighted by atomic mass is 16.3. The summed E-state index contributed by atoms with van der Waals surface area (Å²) in [6, 6.07) is 5.68. The molecule has 1 aliphatic carbocycles. The monoisotopic (exact) mass is 362 g/mol. The lowest BCUT2D eigenvalue weighted by Crippen LogP contribution is -2.12. The van der Waals surface area contributed by atoms with Gasteiger partial charge in [-0.2, -0.15) is 0 Å². The molecule has 8 nitrogen and oxygen atoms in total. The molecule has 0 aromatic carbocycles. The zero-order valence-electron chi connectivity index (χ0n) is 14.7. The Labute approximate surface area is 155 Å². The van der Waals surface area contributed by atoms with E-state index >= 15 is 0 Å². The first-order chi connectivity index (χ1) is 13.1. The number of pyridine rings is 1. The van der Waals surface area contributed by atoms with Crippen molar-refractivity contribution in [3.05, 3.63) is 66.6 Å². The van der Waals surface area contributed by atoms with Crippen molar-refractivity contribution in [3.63, 3.8) is 0 Å². The van der Waals surface area contributed by atoms with Crippen LogP contribution in [-0.4, -0.2) is 42.3 Å². The van der Waals surface area contributed by atoms with E-state index in [9.17, 15) is 9.90 Å². The van der Waals surface area contributed by atoms with Gasteiger partial charge in [-0.3, -0.25) is 4.79 Å². The minimum atomic E-state index is -0.218. The molecule has 0 radical (unpaired) electrons. The Balaban J connectivity index is 1.69. The van der Waals surface area contributed by atoms with Crippen LogP contribution in [-0.2, 0) is 11.3 Å². The summed E-state index contributed by atoms with van der Waals surface area (Å²) in [4.78, 5) is 20.3. The van der Waals surface area contributed by atoms with Crippen LogP contribution in [0.3, 0.4) is 0 Å². The molecule has 3 aromatic rings. The van der Waals surface area contributed by atoms with Crippen molar-refractivity contribution in [1.29, 1.82) is 0 Å². The first-order valence-corrected chi connectivity index (χ1v) is 8.52. The van der Waals surface area contributed by atoms with Crippen molar-refractivity contribution in [3.8, 4) is 0 Å². The Hall–Kier alpha value is -3.68. The third kappa shape index (κ3) is 3.24. The van der Waals surface area contributed by atoms with E-state index in [-0.39, 0.29) is 17.1 Å². The van der Waals surface area contributed by atoms with Crippen LogP contribution in [0.1, 0.15) is 6.92 Å². The zero-order chi connectivity index (χ0) is 18.8. The summed E-state index contributed by atoms with van der Waals surface area (Å²) in [6.45, 7) is 2.94. The number of nitrogens with one attached hydrogen (secondary N) is 1. The van der Waals surface area contributed by atoms with E-state index in [1.54, 1.807) is 24.0 Å². The van der Waals surface area contributed by atoms with Gasteiger partial charge in [0.05, 0.1) is 11.8 Å². The topological polar surface area (TPSA) is 96.8 Å². The van der Waals surface area contributed by atoms with E-state index in [4.69, 9.17) is 0 Å². The molecule has 8 heteroatoms. The number of carbonyl (C=O) groups excluding carboxylic acids is 1. The highest BCUT2D eigenvalue weighted by Gasteiger charge is 2.19. The van der Waals surface area contributed by atoms with Crippen LogP contribution in [0.5, 0.6) is 0 Å². The van der Waals surface area contributed by atoms with Crippen LogP contribution in [0.4, 0.5) is 11.5 Å². The van der Waals surface area contributed by atoms with Crippen molar-refractivity contribution in [2.45, 2.75) is 13.5 Å². The summed E-state index contributed by atoms with van der Waals surface area (Å²) in [5.41, 5.74) is 2.02. The lowest BCUT2D eigenvalue weighted by molar-refractivity contribution is -0.111. The van der Waals surface area contributed by atoms with Crippen molar-refractivity contribution in [2.24, 2.45) is 4.99 Å². The number of carbonyl (C=O) groups is 1. The molecule has 0 amide bonds. The van der Waals surface area contributed by atoms with E-state index in [1.165, 1.54) is 12.2 Å². The van der Waals surface area contributed by atoms with Gasteiger partial charge in [-0.1, -0.05) is 6.07 Å². The number of ketones is 1. The zero-order valence-corrected chi connectivity index (χ0v) is 14.7. The van der Waals surface area contributed by atoms with E-state index in [2.05, 4.69) is 20.4 Å². The van der Waals surface area contributed by atoms with Gasteiger partial charge in [0.2, 0.25) is 0 Å². The van der Waals surface area contributed by atoms with Gasteiger partial charge < -0.3 is 15.0 Å². The maximum atomic E-state index is 11.7. The summed E-state index contributed by atoms with van der Waals surface area (Å²) in [5.74, 6) is 0.275. The van der Waals surface area contributed by atoms with Crippen LogP contribution < -0.4 is 5.32 Å². The Kier molecular flexibility index (Phi) is 4.29. The largest absolute Gasteiger partial charge is 0.505 e. The Bertz CT molecular complexity index is 1090. The fourth-order valence-electron chi connectivity index (χ4n) is 2.82. The standard InChI is InChI=1S/C19H18N6O2/c1-13-16(26)6-5-14(18(13)27)22-17-15-4-2-3-9-25(15)23-19(17)21-8-11-24-10-7-20-12-24/h2-7,9-10,12,27H,8,11H2,1H3,(H,21,23)/b22-14+. The molecule has 0 saturated heterocycles. The number of aromatic nitrogens is 4. The third-order valence-electron chi connectivity index (χ3n) is 4.33. The molecule has 2 N–H and O–H groups in total. The molecule has 0 fully saturated rings. The number of hydrogen-bond acceptors (Lipinski definition) is 6. The van der Waals surface area contributed by atoms with Gasteiger partial charge in [0.25, 0.3) is 0 Å². The Morgan fingerprint density at radius 1 is 1.26 bits per heavy atom. The molecule has 0 unspecified atom stereocenters. The molecule has 0 spiro atoms. The summed E-state index contributed by atoms with van der Waals surface area (Å²) in [6.07, 6.45) is 10.1. The van der Waals surface area contributed by atoms with Gasteiger partial charge >= 0.3 is 0 Å². The second-order valence-electron chi connectivity index (χ2n) is 6.12. The number of aliphatic hydroxyl groups is 1. The van der Waals surface area contributed by atoms with E-state index in [0.717, 1.165) is 12.1 Å². The van der Waals surface area contributed by atoms with E-state index in [0.29, 0.717) is 23.8 Å². The summed E-state index contributed by atoms with van der Waals surface area (Å²) in [5, 5.41) is 18.1. The summed E-state index contributed by atoms with van der Waals surface area (Å²) < 4.78 is 3.69. The molecule has 4 rings (SSSR count). The van der Waals surface area contributed by atoms with Crippen molar-refractivity contribution in [1.82, 2.24) is 19.2 Å². The van der Waals surface area contributed by atoms with Gasteiger partial charge in [0.15, 0.2) is 11.6 Å². The fraction of sp³-hybridized carbons (Fsp3) is 0.158. The Morgan fingerprint density at radius 3 is 2.96 bits per heavy atom. The normalized spacial score (nSPS) is 15.9. The molecule has 3 aromatic heterocycles. The van der Waals surface area contributed by atoms with Crippen LogP contribution in [0.2, 0.25) is 0 Å². The highest BCUT2D eigenvalue weighted by Crippen LogP contribution is 2.31. The second-order valence-corrected chi connectivity index (χ2v) is 6.12. The number of anilines is 1. The molecule has 0 atom stereocenters. The van der Waals surface area contributed by atoms with Crippen molar-refractivity contribution < 1.29 is 9.90 Å². The minimum absolute atomic E-state index is 0.109. The van der Waals surface area contributed by atoms with E-state index < -0.39 is 0 Å². The molecular weight excluding hydrogens is 344 g/mol. The van der Waals surface area contributed by atoms with Crippen LogP contribution >= 0.6 is 0 Å². The van der Waals surface area contributed by atoms with Crippen LogP contribution in [0.15, 0.2) is 71.6 Å². The quantitative estimate of drug-likeness (QED) is 0.680. The Morgan fingerprint density at radius 2 is 2.15 bits per heavy atom. The van der Waals surface area contributed by atoms with Crippen LogP contribution in [0, 0.1) is 0 Å². The first kappa shape index (κ1) is 16.8. The number of hydrogen-bond donors (Lipinski definition) is 2. The smallest absolute Gasteiger partial charge is 0.185 e. The second kappa shape index (κ2) is 6.91. The predicted octanol–water partition coefficient (Wildman–Crippen LogP) is 2.69. The third-order valence-corrected chi connectivity index (χ3v) is 4.33. The average Bonchev–Trinajstić information content (AvgIpc) is 3.31. The molecule has 0 aliphatic heterocycles. The SMILES string of the molecule is CC1=C(O)/C(=N/c2c(NCCn3ccnc3)nn3ccccc23)C=CC1=O. The van der Waals surface area contributed by atoms with Crippen LogP contribution in [0.25, 0.3) is 5.52 Å². The minimum Gasteiger partial charge on any atom is -0.505 e. The summed E-state index contributed by atoms with van der Waals surface area (Å²) in [7, 11) is 0. The number of nitrogens with zero attached hydrogens (tertiary/aromatic N) is 5. The van der Waals surface area contributed by atoms with E-state index in [1.807, 2.05) is 35.2 Å². The van der Waals surface area contributed by atoms with Crippen molar-refractivity contribution >= 4 is 28.5 Å². The fourth-order valence-corrected chi connectivity index (χ4v) is 2.82. The molecule has 136 valence electrons. The molecule has 0 saturated carbocycles. The highest BCUT2D eigenvalue weighted by molar-refractivity contribution is 6.21. The number of rotatable bonds is 5. The molecule has 0 bridgehead atoms. The lowest BCUT2D eigenvalue weighted by atomic mass is 10.0. The first-order valence-electron chi connectivity index (χ1n) is 8.52. The predicted molar refractivity (Wildman–Crippen MR) is 102 cm³/mol. The molecular formula is C19H18N6O2. The van der Waals surface area contributed by atoms with Crippen molar-refractivity contribution in [2.75, 3.05) is 11.9 Å². The van der Waals surface area contributed by atoms with Gasteiger partial charge in [-0.15, -0.1) is 5.10 Å². The molecule has 27 heavy (non-hydrogen) atoms. The molecule has 3 heterocycles. The number of fused-ring (bicyclic) bond motifs is 1. The lowest BCUT2D eigenvalue weighted by Gasteiger charge is -2.10. The number of allylic oxidation sites excluding steroid dienone is 3. The number of aliphatic hydroxyl groups excluding tert-OH is 1. The average molecular weight is 362 g/mol. The number of aliphatic imine (C=N–C) groups is 1. The summed E-state index contributed by atoms with van der Waals surface area (Å²) >= 11 is 0.